The van der Waals surface area contributed by atoms with Crippen molar-refractivity contribution >= 4 is 23.4 Å². The van der Waals surface area contributed by atoms with Crippen LogP contribution in [0.2, 0.25) is 0 Å². The van der Waals surface area contributed by atoms with E-state index in [1.54, 1.807) is 0 Å². The van der Waals surface area contributed by atoms with E-state index in [0.29, 0.717) is 0 Å². The molecular weight excluding hydrogens is 466 g/mol. The second-order valence-corrected chi connectivity index (χ2v) is 12.3. The van der Waals surface area contributed by atoms with Crippen molar-refractivity contribution in [3.63, 3.8) is 0 Å². The van der Waals surface area contributed by atoms with Crippen LogP contribution in [0.4, 0.5) is 0 Å². The number of hydrogen-bond donors (Lipinski definition) is 1. The van der Waals surface area contributed by atoms with E-state index in [4.69, 9.17) is 0 Å². The number of benzene rings is 3. The van der Waals surface area contributed by atoms with E-state index < -0.39 is 7.49 Å². The molecule has 3 aromatic rings. The van der Waals surface area contributed by atoms with Crippen LogP contribution in [-0.4, -0.2) is 4.89 Å². The first-order chi connectivity index (χ1) is 13.0. The van der Waals surface area contributed by atoms with Crippen LogP contribution in [0.5, 0.6) is 0 Å². The number of rotatable bonds is 3. The van der Waals surface area contributed by atoms with Crippen LogP contribution < -0.4 is 15.9 Å². The Morgan fingerprint density at radius 1 is 0.621 bits per heavy atom. The van der Waals surface area contributed by atoms with Crippen molar-refractivity contribution in [3.05, 3.63) is 90.0 Å². The molecule has 0 saturated heterocycles. The molecule has 0 heterocycles. The third-order valence-corrected chi connectivity index (χ3v) is 8.46. The first-order valence-electron chi connectivity index (χ1n) is 9.93. The molecule has 156 valence electrons. The van der Waals surface area contributed by atoms with Crippen molar-refractivity contribution in [1.82, 2.24) is 0 Å². The Hall–Kier alpha value is -1.29. The molecule has 0 bridgehead atoms. The van der Waals surface area contributed by atoms with Gasteiger partial charge in [0.05, 0.1) is 0 Å². The molecule has 3 aromatic carbocycles. The Morgan fingerprint density at radius 2 is 1.07 bits per heavy atom. The SMILES string of the molecule is CC(C)(C)c1ccc([P+](O)(c2ccccc2)c2ccccc2)c(C(C)(C)C)c1.[Pd]. The van der Waals surface area contributed by atoms with Crippen LogP contribution in [0.1, 0.15) is 52.7 Å². The van der Waals surface area contributed by atoms with Crippen molar-refractivity contribution in [1.29, 1.82) is 0 Å². The topological polar surface area (TPSA) is 20.2 Å². The second-order valence-electron chi connectivity index (χ2n) is 9.54. The molecule has 0 spiro atoms. The zero-order valence-corrected chi connectivity index (χ0v) is 20.7. The summed E-state index contributed by atoms with van der Waals surface area (Å²) in [6.07, 6.45) is 0. The van der Waals surface area contributed by atoms with Crippen LogP contribution in [0.15, 0.2) is 78.9 Å². The standard InChI is InChI=1S/C26H32OP.Pd/c1-25(2,3)20-17-18-24(23(19-20)26(4,5)6)28(27,21-13-9-7-10-14-21)22-15-11-8-12-16-22;/h7-19,27H,1-6H3;/q+1;. The van der Waals surface area contributed by atoms with Gasteiger partial charge >= 0.3 is 0 Å². The zero-order chi connectivity index (χ0) is 20.6. The first kappa shape index (κ1) is 24.0. The van der Waals surface area contributed by atoms with Gasteiger partial charge in [0.15, 0.2) is 0 Å². The average molecular weight is 498 g/mol. The fraction of sp³-hybridized carbons (Fsp3) is 0.308. The van der Waals surface area contributed by atoms with Gasteiger partial charge < -0.3 is 0 Å². The Labute approximate surface area is 190 Å². The van der Waals surface area contributed by atoms with E-state index in [1.165, 1.54) is 11.1 Å². The predicted molar refractivity (Wildman–Crippen MR) is 125 cm³/mol. The van der Waals surface area contributed by atoms with Crippen LogP contribution in [-0.2, 0) is 31.3 Å². The predicted octanol–water partition coefficient (Wildman–Crippen LogP) is 5.48. The first-order valence-corrected chi connectivity index (χ1v) is 11.7. The van der Waals surface area contributed by atoms with Gasteiger partial charge in [0.2, 0.25) is 7.49 Å². The van der Waals surface area contributed by atoms with Crippen LogP contribution in [0, 0.1) is 0 Å². The average Bonchev–Trinajstić information content (AvgIpc) is 2.67. The summed E-state index contributed by atoms with van der Waals surface area (Å²) < 4.78 is 0. The molecule has 0 radical (unpaired) electrons. The molecule has 0 aliphatic carbocycles. The Bertz CT molecular complexity index is 898. The van der Waals surface area contributed by atoms with Gasteiger partial charge in [0, 0.05) is 26.0 Å². The minimum atomic E-state index is -2.73. The molecular formula is C26H32OPPd+. The van der Waals surface area contributed by atoms with Crippen molar-refractivity contribution in [2.24, 2.45) is 0 Å². The summed E-state index contributed by atoms with van der Waals surface area (Å²) in [4.78, 5) is 12.4. The molecule has 0 fully saturated rings. The van der Waals surface area contributed by atoms with Gasteiger partial charge in [-0.1, -0.05) is 90.1 Å². The molecule has 0 atom stereocenters. The maximum absolute atomic E-state index is 12.4. The normalized spacial score (nSPS) is 12.4. The molecule has 3 heteroatoms. The summed E-state index contributed by atoms with van der Waals surface area (Å²) in [7, 11) is -2.73. The molecule has 29 heavy (non-hydrogen) atoms. The minimum Gasteiger partial charge on any atom is -0.235 e. The summed E-state index contributed by atoms with van der Waals surface area (Å²) in [6, 6.07) is 27.0. The van der Waals surface area contributed by atoms with Crippen molar-refractivity contribution in [3.8, 4) is 0 Å². The molecule has 0 saturated carbocycles. The van der Waals surface area contributed by atoms with Crippen LogP contribution in [0.3, 0.4) is 0 Å². The zero-order valence-electron chi connectivity index (χ0n) is 18.2. The van der Waals surface area contributed by atoms with Crippen molar-refractivity contribution in [2.45, 2.75) is 52.4 Å². The molecule has 1 N–H and O–H groups in total. The second kappa shape index (κ2) is 8.83. The van der Waals surface area contributed by atoms with E-state index in [0.717, 1.165) is 15.9 Å². The Kier molecular flexibility index (Phi) is 7.31. The van der Waals surface area contributed by atoms with Gasteiger partial charge in [-0.15, -0.1) is 0 Å². The van der Waals surface area contributed by atoms with E-state index in [-0.39, 0.29) is 31.3 Å². The third kappa shape index (κ3) is 4.90. The van der Waals surface area contributed by atoms with Crippen LogP contribution >= 0.6 is 7.49 Å². The molecule has 0 amide bonds. The van der Waals surface area contributed by atoms with E-state index in [9.17, 15) is 4.89 Å². The molecule has 3 rings (SSSR count). The van der Waals surface area contributed by atoms with Crippen molar-refractivity contribution in [2.75, 3.05) is 0 Å². The smallest absolute Gasteiger partial charge is 0.235 e. The van der Waals surface area contributed by atoms with Gasteiger partial charge in [-0.2, -0.15) is 0 Å². The fourth-order valence-electron chi connectivity index (χ4n) is 3.60. The van der Waals surface area contributed by atoms with Gasteiger partial charge in [0.25, 0.3) is 0 Å². The molecule has 0 aliphatic rings. The number of hydrogen-bond acceptors (Lipinski definition) is 1. The molecule has 0 aromatic heterocycles. The molecule has 1 nitrogen and oxygen atoms in total. The van der Waals surface area contributed by atoms with Gasteiger partial charge in [-0.05, 0) is 46.7 Å². The Morgan fingerprint density at radius 3 is 1.45 bits per heavy atom. The van der Waals surface area contributed by atoms with Gasteiger partial charge in [-0.3, -0.25) is 0 Å². The van der Waals surface area contributed by atoms with E-state index in [2.05, 4.69) is 84.0 Å². The summed E-state index contributed by atoms with van der Waals surface area (Å²) in [5.74, 6) is 0. The maximum atomic E-state index is 12.4. The monoisotopic (exact) mass is 497 g/mol. The van der Waals surface area contributed by atoms with E-state index in [1.807, 2.05) is 36.4 Å². The maximum Gasteiger partial charge on any atom is 0.238 e. The summed E-state index contributed by atoms with van der Waals surface area (Å²) >= 11 is 0. The summed E-state index contributed by atoms with van der Waals surface area (Å²) in [6.45, 7) is 13.4. The fourth-order valence-corrected chi connectivity index (χ4v) is 6.70. The Balaban J connectivity index is 0.00000300. The largest absolute Gasteiger partial charge is 0.238 e. The van der Waals surface area contributed by atoms with Gasteiger partial charge in [0.1, 0.15) is 15.9 Å². The molecule has 0 unspecified atom stereocenters. The summed E-state index contributed by atoms with van der Waals surface area (Å²) in [5, 5.41) is 3.05. The van der Waals surface area contributed by atoms with Crippen LogP contribution in [0.25, 0.3) is 0 Å². The van der Waals surface area contributed by atoms with Gasteiger partial charge in [-0.25, -0.2) is 4.89 Å². The minimum absolute atomic E-state index is 0. The molecule has 0 aliphatic heterocycles. The third-order valence-electron chi connectivity index (χ3n) is 5.28. The summed E-state index contributed by atoms with van der Waals surface area (Å²) in [5.41, 5.74) is 2.51. The van der Waals surface area contributed by atoms with Crippen molar-refractivity contribution < 1.29 is 25.3 Å². The quantitative estimate of drug-likeness (QED) is 0.375. The van der Waals surface area contributed by atoms with E-state index >= 15 is 0 Å².